The maximum Gasteiger partial charge on any atom is 0.189 e. The molecule has 0 aliphatic carbocycles. The fourth-order valence-corrected chi connectivity index (χ4v) is 1.11. The molecule has 2 heterocycles. The van der Waals surface area contributed by atoms with E-state index >= 15 is 0 Å². The van der Waals surface area contributed by atoms with Crippen LogP contribution in [-0.2, 0) is 9.59 Å². The maximum absolute atomic E-state index is 9.86. The van der Waals surface area contributed by atoms with Crippen LogP contribution in [0.2, 0.25) is 0 Å². The molecule has 2 saturated heterocycles. The third-order valence-corrected chi connectivity index (χ3v) is 3.01. The van der Waals surface area contributed by atoms with Gasteiger partial charge in [0.15, 0.2) is 10.2 Å². The molecule has 0 bridgehead atoms. The molecule has 2 aliphatic rings. The highest BCUT2D eigenvalue weighted by Crippen LogP contribution is 2.18. The first-order valence-electron chi connectivity index (χ1n) is 3.10. The van der Waals surface area contributed by atoms with Crippen molar-refractivity contribution in [3.63, 3.8) is 0 Å². The Bertz CT molecular complexity index is 126. The van der Waals surface area contributed by atoms with Crippen molar-refractivity contribution in [1.82, 2.24) is 0 Å². The summed E-state index contributed by atoms with van der Waals surface area (Å²) in [5.74, 6) is 2.11. The molecule has 0 aromatic carbocycles. The van der Waals surface area contributed by atoms with E-state index < -0.39 is 0 Å². The predicted octanol–water partition coefficient (Wildman–Crippen LogP) is 1.30. The zero-order valence-electron chi connectivity index (χ0n) is 5.46. The SMILES string of the molecule is O=C1CCS1.O=C1CCS1. The molecule has 4 heteroatoms. The summed E-state index contributed by atoms with van der Waals surface area (Å²) in [4.78, 5) is 19.7. The summed E-state index contributed by atoms with van der Waals surface area (Å²) in [5, 5.41) is 0.704. The highest BCUT2D eigenvalue weighted by atomic mass is 32.2. The molecular weight excluding hydrogens is 168 g/mol. The molecule has 0 spiro atoms. The van der Waals surface area contributed by atoms with Gasteiger partial charge in [-0.05, 0) is 0 Å². The highest BCUT2D eigenvalue weighted by molar-refractivity contribution is 8.15. The zero-order chi connectivity index (χ0) is 7.40. The Hall–Kier alpha value is 0.0400. The molecule has 0 aromatic heterocycles. The Morgan fingerprint density at radius 3 is 1.10 bits per heavy atom. The average Bonchev–Trinajstić information content (AvgIpc) is 1.80. The van der Waals surface area contributed by atoms with Crippen molar-refractivity contribution in [1.29, 1.82) is 0 Å². The molecule has 0 atom stereocenters. The molecule has 0 aromatic rings. The first kappa shape index (κ1) is 8.14. The lowest BCUT2D eigenvalue weighted by atomic mass is 10.5. The minimum absolute atomic E-state index is 0.352. The van der Waals surface area contributed by atoms with Crippen LogP contribution in [0.5, 0.6) is 0 Å². The number of thioether (sulfide) groups is 2. The summed E-state index contributed by atoms with van der Waals surface area (Å²) in [7, 11) is 0. The van der Waals surface area contributed by atoms with Gasteiger partial charge in [-0.2, -0.15) is 0 Å². The Balaban J connectivity index is 0.0000001000. The molecule has 56 valence electrons. The summed E-state index contributed by atoms with van der Waals surface area (Å²) in [6.45, 7) is 0. The normalized spacial score (nSPS) is 22.0. The number of hydrogen-bond acceptors (Lipinski definition) is 4. The van der Waals surface area contributed by atoms with Gasteiger partial charge in [0.05, 0.1) is 0 Å². The maximum atomic E-state index is 9.86. The van der Waals surface area contributed by atoms with Crippen LogP contribution in [0.1, 0.15) is 12.8 Å². The van der Waals surface area contributed by atoms with Crippen molar-refractivity contribution in [2.45, 2.75) is 12.8 Å². The summed E-state index contributed by atoms with van der Waals surface area (Å²) >= 11 is 2.84. The van der Waals surface area contributed by atoms with Crippen LogP contribution in [0, 0.1) is 0 Å². The van der Waals surface area contributed by atoms with E-state index in [-0.39, 0.29) is 0 Å². The van der Waals surface area contributed by atoms with Crippen LogP contribution in [0.3, 0.4) is 0 Å². The summed E-state index contributed by atoms with van der Waals surface area (Å²) < 4.78 is 0. The van der Waals surface area contributed by atoms with E-state index in [4.69, 9.17) is 0 Å². The number of carbonyl (C=O) groups is 2. The topological polar surface area (TPSA) is 34.1 Å². The molecule has 0 saturated carbocycles. The lowest BCUT2D eigenvalue weighted by Gasteiger charge is -2.04. The fraction of sp³-hybridized carbons (Fsp3) is 0.667. The molecule has 0 radical (unpaired) electrons. The number of rotatable bonds is 0. The van der Waals surface area contributed by atoms with Gasteiger partial charge in [-0.25, -0.2) is 0 Å². The second kappa shape index (κ2) is 4.03. The van der Waals surface area contributed by atoms with Gasteiger partial charge in [-0.1, -0.05) is 23.5 Å². The van der Waals surface area contributed by atoms with E-state index in [1.807, 2.05) is 0 Å². The van der Waals surface area contributed by atoms with Crippen molar-refractivity contribution >= 4 is 33.8 Å². The van der Waals surface area contributed by atoms with Crippen molar-refractivity contribution in [3.8, 4) is 0 Å². The van der Waals surface area contributed by atoms with Gasteiger partial charge in [0.2, 0.25) is 0 Å². The van der Waals surface area contributed by atoms with Gasteiger partial charge in [-0.15, -0.1) is 0 Å². The number of carbonyl (C=O) groups excluding carboxylic acids is 2. The van der Waals surface area contributed by atoms with Crippen LogP contribution in [0.25, 0.3) is 0 Å². The Kier molecular flexibility index (Phi) is 3.28. The van der Waals surface area contributed by atoms with E-state index in [0.717, 1.165) is 24.3 Å². The Morgan fingerprint density at radius 1 is 0.900 bits per heavy atom. The van der Waals surface area contributed by atoms with Crippen LogP contribution in [0.4, 0.5) is 0 Å². The lowest BCUT2D eigenvalue weighted by Crippen LogP contribution is -2.04. The van der Waals surface area contributed by atoms with Gasteiger partial charge in [0.1, 0.15) is 0 Å². The van der Waals surface area contributed by atoms with Gasteiger partial charge in [-0.3, -0.25) is 9.59 Å². The van der Waals surface area contributed by atoms with E-state index in [0.29, 0.717) is 10.2 Å². The lowest BCUT2D eigenvalue weighted by molar-refractivity contribution is -0.112. The van der Waals surface area contributed by atoms with Crippen LogP contribution in [-0.4, -0.2) is 21.7 Å². The van der Waals surface area contributed by atoms with E-state index in [2.05, 4.69) is 0 Å². The van der Waals surface area contributed by atoms with Gasteiger partial charge in [0, 0.05) is 24.3 Å². The third-order valence-electron chi connectivity index (χ3n) is 1.14. The molecule has 2 fully saturated rings. The van der Waals surface area contributed by atoms with Crippen molar-refractivity contribution < 1.29 is 9.59 Å². The molecule has 0 N–H and O–H groups in total. The molecule has 10 heavy (non-hydrogen) atoms. The van der Waals surface area contributed by atoms with Gasteiger partial charge in [0.25, 0.3) is 0 Å². The largest absolute Gasteiger partial charge is 0.287 e. The first-order chi connectivity index (χ1) is 4.79. The summed E-state index contributed by atoms with van der Waals surface area (Å²) in [6, 6.07) is 0. The van der Waals surface area contributed by atoms with Crippen molar-refractivity contribution in [2.24, 2.45) is 0 Å². The van der Waals surface area contributed by atoms with Crippen LogP contribution in [0.15, 0.2) is 0 Å². The highest BCUT2D eigenvalue weighted by Gasteiger charge is 2.11. The summed E-state index contributed by atoms with van der Waals surface area (Å²) in [6.07, 6.45) is 1.62. The third kappa shape index (κ3) is 2.75. The molecule has 0 amide bonds. The molecule has 2 nitrogen and oxygen atoms in total. The molecule has 0 unspecified atom stereocenters. The summed E-state index contributed by atoms with van der Waals surface area (Å²) in [5.41, 5.74) is 0. The smallest absolute Gasteiger partial charge is 0.189 e. The standard InChI is InChI=1S/2C3H4OS/c2*4-3-1-2-5-3/h2*1-2H2. The minimum atomic E-state index is 0.352. The van der Waals surface area contributed by atoms with E-state index in [1.165, 1.54) is 23.5 Å². The molecular formula is C6H8O2S2. The van der Waals surface area contributed by atoms with Crippen molar-refractivity contribution in [3.05, 3.63) is 0 Å². The second-order valence-electron chi connectivity index (χ2n) is 1.94. The minimum Gasteiger partial charge on any atom is -0.287 e. The quantitative estimate of drug-likeness (QED) is 0.557. The zero-order valence-corrected chi connectivity index (χ0v) is 7.09. The molecule has 2 aliphatic heterocycles. The second-order valence-corrected chi connectivity index (χ2v) is 4.25. The Morgan fingerprint density at radius 2 is 1.10 bits per heavy atom. The Labute approximate surface area is 68.1 Å². The van der Waals surface area contributed by atoms with E-state index in [1.54, 1.807) is 0 Å². The number of hydrogen-bond donors (Lipinski definition) is 0. The first-order valence-corrected chi connectivity index (χ1v) is 5.07. The van der Waals surface area contributed by atoms with Crippen LogP contribution >= 0.6 is 23.5 Å². The van der Waals surface area contributed by atoms with Gasteiger partial charge >= 0.3 is 0 Å². The van der Waals surface area contributed by atoms with Gasteiger partial charge < -0.3 is 0 Å². The fourth-order valence-electron chi connectivity index (χ4n) is 0.371. The predicted molar refractivity (Wildman–Crippen MR) is 44.2 cm³/mol. The van der Waals surface area contributed by atoms with Crippen molar-refractivity contribution in [2.75, 3.05) is 11.5 Å². The van der Waals surface area contributed by atoms with E-state index in [9.17, 15) is 9.59 Å². The molecule has 2 rings (SSSR count). The average molecular weight is 176 g/mol. The van der Waals surface area contributed by atoms with Crippen LogP contribution < -0.4 is 0 Å². The monoisotopic (exact) mass is 176 g/mol.